The highest BCUT2D eigenvalue weighted by molar-refractivity contribution is 7.10. The Morgan fingerprint density at radius 1 is 1.30 bits per heavy atom. The Morgan fingerprint density at radius 2 is 2.05 bits per heavy atom. The van der Waals surface area contributed by atoms with Crippen molar-refractivity contribution in [3.63, 3.8) is 0 Å². The summed E-state index contributed by atoms with van der Waals surface area (Å²) < 4.78 is 0. The summed E-state index contributed by atoms with van der Waals surface area (Å²) in [4.78, 5) is 9.72. The molecule has 2 heterocycles. The van der Waals surface area contributed by atoms with Gasteiger partial charge in [-0.2, -0.15) is 9.97 Å². The first-order chi connectivity index (χ1) is 9.60. The number of rotatable bonds is 6. The maximum Gasteiger partial charge on any atom is 0.223 e. The molecule has 6 heteroatoms. The van der Waals surface area contributed by atoms with E-state index in [4.69, 9.17) is 5.73 Å². The minimum Gasteiger partial charge on any atom is -0.370 e. The lowest BCUT2D eigenvalue weighted by atomic mass is 10.0. The van der Waals surface area contributed by atoms with Crippen molar-refractivity contribution in [2.45, 2.75) is 26.8 Å². The van der Waals surface area contributed by atoms with Crippen LogP contribution in [0.5, 0.6) is 0 Å². The second kappa shape index (κ2) is 6.56. The van der Waals surface area contributed by atoms with Gasteiger partial charge >= 0.3 is 0 Å². The van der Waals surface area contributed by atoms with Gasteiger partial charge in [0.05, 0.1) is 6.04 Å². The summed E-state index contributed by atoms with van der Waals surface area (Å²) in [6, 6.07) is 6.31. The van der Waals surface area contributed by atoms with Gasteiger partial charge in [0.15, 0.2) is 0 Å². The lowest BCUT2D eigenvalue weighted by Crippen LogP contribution is -2.17. The molecule has 2 aromatic rings. The van der Waals surface area contributed by atoms with Crippen LogP contribution in [0.1, 0.15) is 31.7 Å². The topological polar surface area (TPSA) is 75.9 Å². The number of thiophene rings is 1. The maximum absolute atomic E-state index is 5.76. The molecule has 0 radical (unpaired) electrons. The van der Waals surface area contributed by atoms with E-state index < -0.39 is 0 Å². The number of hydrogen-bond acceptors (Lipinski definition) is 6. The van der Waals surface area contributed by atoms with E-state index >= 15 is 0 Å². The van der Waals surface area contributed by atoms with Crippen molar-refractivity contribution in [1.29, 1.82) is 0 Å². The predicted molar refractivity (Wildman–Crippen MR) is 86.1 cm³/mol. The van der Waals surface area contributed by atoms with E-state index in [2.05, 4.69) is 52.0 Å². The lowest BCUT2D eigenvalue weighted by Gasteiger charge is -2.22. The van der Waals surface area contributed by atoms with Crippen LogP contribution in [0.2, 0.25) is 0 Å². The molecule has 0 aliphatic heterocycles. The fraction of sp³-hybridized carbons (Fsp3) is 0.429. The molecule has 2 aromatic heterocycles. The Balaban J connectivity index is 2.22. The molecule has 1 unspecified atom stereocenters. The summed E-state index contributed by atoms with van der Waals surface area (Å²) >= 11 is 1.74. The minimum atomic E-state index is 0.221. The first kappa shape index (κ1) is 14.6. The van der Waals surface area contributed by atoms with E-state index in [-0.39, 0.29) is 12.0 Å². The Labute approximate surface area is 123 Å². The minimum absolute atomic E-state index is 0.221. The molecule has 108 valence electrons. The third-order valence-corrected chi connectivity index (χ3v) is 3.88. The largest absolute Gasteiger partial charge is 0.370 e. The zero-order chi connectivity index (χ0) is 14.5. The number of aromatic nitrogens is 2. The van der Waals surface area contributed by atoms with Gasteiger partial charge in [0.25, 0.3) is 0 Å². The summed E-state index contributed by atoms with van der Waals surface area (Å²) in [7, 11) is 0. The van der Waals surface area contributed by atoms with Crippen molar-refractivity contribution < 1.29 is 0 Å². The summed E-state index contributed by atoms with van der Waals surface area (Å²) in [5, 5.41) is 8.71. The van der Waals surface area contributed by atoms with Gasteiger partial charge in [-0.3, -0.25) is 0 Å². The lowest BCUT2D eigenvalue weighted by molar-refractivity contribution is 0.552. The van der Waals surface area contributed by atoms with E-state index in [0.29, 0.717) is 5.92 Å². The molecule has 0 spiro atoms. The first-order valence-electron chi connectivity index (χ1n) is 6.78. The van der Waals surface area contributed by atoms with E-state index in [0.717, 1.165) is 18.2 Å². The molecule has 0 aromatic carbocycles. The standard InChI is InChI=1S/C14H21N5S/c1-4-16-11-8-12(19-14(15)18-11)17-13(9(2)3)10-6-5-7-20-10/h5-9,13H,4H2,1-3H3,(H4,15,16,17,18,19). The highest BCUT2D eigenvalue weighted by atomic mass is 32.1. The van der Waals surface area contributed by atoms with Crippen molar-refractivity contribution in [3.8, 4) is 0 Å². The monoisotopic (exact) mass is 291 g/mol. The Morgan fingerprint density at radius 3 is 2.65 bits per heavy atom. The van der Waals surface area contributed by atoms with Gasteiger partial charge in [-0.25, -0.2) is 0 Å². The van der Waals surface area contributed by atoms with E-state index in [1.807, 2.05) is 13.0 Å². The van der Waals surface area contributed by atoms with Crippen LogP contribution in [0.15, 0.2) is 23.6 Å². The second-order valence-corrected chi connectivity index (χ2v) is 5.89. The van der Waals surface area contributed by atoms with Gasteiger partial charge < -0.3 is 16.4 Å². The van der Waals surface area contributed by atoms with Crippen LogP contribution in [-0.2, 0) is 0 Å². The van der Waals surface area contributed by atoms with Crippen LogP contribution in [0.25, 0.3) is 0 Å². The van der Waals surface area contributed by atoms with Crippen molar-refractivity contribution in [3.05, 3.63) is 28.5 Å². The highest BCUT2D eigenvalue weighted by Gasteiger charge is 2.17. The number of nitrogens with two attached hydrogens (primary N) is 1. The molecule has 0 fully saturated rings. The number of anilines is 3. The molecule has 0 saturated carbocycles. The average Bonchev–Trinajstić information content (AvgIpc) is 2.89. The van der Waals surface area contributed by atoms with Crippen LogP contribution in [0.4, 0.5) is 17.6 Å². The van der Waals surface area contributed by atoms with Crippen LogP contribution < -0.4 is 16.4 Å². The SMILES string of the molecule is CCNc1cc(NC(c2cccs2)C(C)C)nc(N)n1. The second-order valence-electron chi connectivity index (χ2n) is 4.91. The summed E-state index contributed by atoms with van der Waals surface area (Å²) in [5.41, 5.74) is 5.76. The van der Waals surface area contributed by atoms with Crippen LogP contribution in [-0.4, -0.2) is 16.5 Å². The summed E-state index contributed by atoms with van der Waals surface area (Å²) in [5.74, 6) is 2.23. The smallest absolute Gasteiger partial charge is 0.223 e. The number of nitrogens with zero attached hydrogens (tertiary/aromatic N) is 2. The molecule has 0 saturated heterocycles. The van der Waals surface area contributed by atoms with Crippen molar-refractivity contribution in [2.24, 2.45) is 5.92 Å². The molecule has 1 atom stereocenters. The third kappa shape index (κ3) is 3.60. The molecule has 0 bridgehead atoms. The van der Waals surface area contributed by atoms with Gasteiger partial charge in [-0.15, -0.1) is 11.3 Å². The zero-order valence-electron chi connectivity index (χ0n) is 12.1. The predicted octanol–water partition coefficient (Wildman–Crippen LogP) is 3.36. The highest BCUT2D eigenvalue weighted by Crippen LogP contribution is 2.29. The Hall–Kier alpha value is -1.82. The van der Waals surface area contributed by atoms with E-state index in [9.17, 15) is 0 Å². The molecule has 2 rings (SSSR count). The van der Waals surface area contributed by atoms with Gasteiger partial charge in [0.2, 0.25) is 5.95 Å². The van der Waals surface area contributed by atoms with Gasteiger partial charge in [0, 0.05) is 17.5 Å². The molecule has 4 N–H and O–H groups in total. The van der Waals surface area contributed by atoms with Crippen LogP contribution in [0.3, 0.4) is 0 Å². The Bertz CT molecular complexity index is 539. The van der Waals surface area contributed by atoms with Crippen LogP contribution >= 0.6 is 11.3 Å². The van der Waals surface area contributed by atoms with Crippen molar-refractivity contribution in [2.75, 3.05) is 22.9 Å². The zero-order valence-corrected chi connectivity index (χ0v) is 12.9. The summed E-state index contributed by atoms with van der Waals surface area (Å²) in [6.45, 7) is 7.20. The van der Waals surface area contributed by atoms with Gasteiger partial charge in [-0.1, -0.05) is 19.9 Å². The molecule has 5 nitrogen and oxygen atoms in total. The molecule has 0 aliphatic carbocycles. The third-order valence-electron chi connectivity index (χ3n) is 2.92. The molecular weight excluding hydrogens is 270 g/mol. The van der Waals surface area contributed by atoms with Crippen molar-refractivity contribution in [1.82, 2.24) is 9.97 Å². The maximum atomic E-state index is 5.76. The average molecular weight is 291 g/mol. The number of hydrogen-bond donors (Lipinski definition) is 3. The van der Waals surface area contributed by atoms with Crippen LogP contribution in [0, 0.1) is 5.92 Å². The van der Waals surface area contributed by atoms with Gasteiger partial charge in [0.1, 0.15) is 11.6 Å². The van der Waals surface area contributed by atoms with Gasteiger partial charge in [-0.05, 0) is 24.3 Å². The quantitative estimate of drug-likeness (QED) is 0.761. The number of nitrogen functional groups attached to an aromatic ring is 1. The number of nitrogens with one attached hydrogen (secondary N) is 2. The molecular formula is C14H21N5S. The molecule has 20 heavy (non-hydrogen) atoms. The van der Waals surface area contributed by atoms with Crippen molar-refractivity contribution >= 4 is 28.9 Å². The Kier molecular flexibility index (Phi) is 4.79. The molecule has 0 aliphatic rings. The normalized spacial score (nSPS) is 12.4. The van der Waals surface area contributed by atoms with E-state index in [1.165, 1.54) is 4.88 Å². The first-order valence-corrected chi connectivity index (χ1v) is 7.66. The fourth-order valence-electron chi connectivity index (χ4n) is 2.01. The fourth-order valence-corrected chi connectivity index (χ4v) is 2.95. The van der Waals surface area contributed by atoms with E-state index in [1.54, 1.807) is 11.3 Å². The molecule has 0 amide bonds. The summed E-state index contributed by atoms with van der Waals surface area (Å²) in [6.07, 6.45) is 0.